The highest BCUT2D eigenvalue weighted by Gasteiger charge is 2.05. The van der Waals surface area contributed by atoms with Crippen LogP contribution in [0, 0.1) is 6.92 Å². The Kier molecular flexibility index (Phi) is 3.56. The molecule has 2 heterocycles. The summed E-state index contributed by atoms with van der Waals surface area (Å²) in [6, 6.07) is 3.98. The first kappa shape index (κ1) is 11.5. The number of anilines is 1. The van der Waals surface area contributed by atoms with Crippen molar-refractivity contribution >= 4 is 33.1 Å². The third kappa shape index (κ3) is 2.80. The van der Waals surface area contributed by atoms with Gasteiger partial charge < -0.3 is 4.90 Å². The van der Waals surface area contributed by atoms with E-state index >= 15 is 0 Å². The molecule has 0 saturated carbocycles. The maximum Gasteiger partial charge on any atom is 0.128 e. The van der Waals surface area contributed by atoms with Crippen LogP contribution in [-0.4, -0.2) is 17.0 Å². The van der Waals surface area contributed by atoms with E-state index in [0.717, 1.165) is 27.5 Å². The van der Waals surface area contributed by atoms with Crippen LogP contribution in [0.15, 0.2) is 28.2 Å². The van der Waals surface area contributed by atoms with Gasteiger partial charge in [-0.1, -0.05) is 0 Å². The van der Waals surface area contributed by atoms with Crippen LogP contribution in [0.2, 0.25) is 0 Å². The van der Waals surface area contributed by atoms with Crippen molar-refractivity contribution in [1.29, 1.82) is 0 Å². The molecule has 0 aliphatic carbocycles. The number of nitrogens with zero attached hydrogens (tertiary/aromatic N) is 3. The van der Waals surface area contributed by atoms with Gasteiger partial charge >= 0.3 is 0 Å². The Morgan fingerprint density at radius 1 is 1.44 bits per heavy atom. The van der Waals surface area contributed by atoms with Crippen molar-refractivity contribution in [2.45, 2.75) is 13.5 Å². The third-order valence-corrected chi connectivity index (χ3v) is 3.56. The molecule has 0 radical (unpaired) electrons. The van der Waals surface area contributed by atoms with E-state index in [-0.39, 0.29) is 0 Å². The molecular weight excluding hydrogens is 286 g/mol. The van der Waals surface area contributed by atoms with Crippen LogP contribution in [0.5, 0.6) is 0 Å². The van der Waals surface area contributed by atoms with E-state index in [2.05, 4.69) is 36.2 Å². The highest BCUT2D eigenvalue weighted by atomic mass is 79.9. The first-order valence-corrected chi connectivity index (χ1v) is 6.56. The standard InChI is InChI=1S/C11H12BrN3S/c1-8-7-16-11(14-8)6-15(2)10-4-3-9(12)5-13-10/h3-5,7H,6H2,1-2H3. The second-order valence-electron chi connectivity index (χ2n) is 3.57. The maximum atomic E-state index is 4.43. The van der Waals surface area contributed by atoms with Crippen molar-refractivity contribution in [3.63, 3.8) is 0 Å². The van der Waals surface area contributed by atoms with Crippen LogP contribution in [-0.2, 0) is 6.54 Å². The predicted octanol–water partition coefficient (Wildman–Crippen LogP) is 3.25. The van der Waals surface area contributed by atoms with E-state index in [1.165, 1.54) is 0 Å². The molecule has 0 saturated heterocycles. The summed E-state index contributed by atoms with van der Waals surface area (Å²) in [5.41, 5.74) is 1.08. The fourth-order valence-electron chi connectivity index (χ4n) is 1.35. The van der Waals surface area contributed by atoms with Crippen molar-refractivity contribution in [2.24, 2.45) is 0 Å². The van der Waals surface area contributed by atoms with Crippen LogP contribution < -0.4 is 4.90 Å². The maximum absolute atomic E-state index is 4.43. The lowest BCUT2D eigenvalue weighted by Gasteiger charge is -2.16. The van der Waals surface area contributed by atoms with Crippen molar-refractivity contribution in [3.8, 4) is 0 Å². The van der Waals surface area contributed by atoms with Gasteiger partial charge in [-0.3, -0.25) is 0 Å². The predicted molar refractivity (Wildman–Crippen MR) is 70.9 cm³/mol. The number of aromatic nitrogens is 2. The van der Waals surface area contributed by atoms with Crippen LogP contribution in [0.25, 0.3) is 0 Å². The average molecular weight is 298 g/mol. The summed E-state index contributed by atoms with van der Waals surface area (Å²) < 4.78 is 0.995. The lowest BCUT2D eigenvalue weighted by Crippen LogP contribution is -2.17. The van der Waals surface area contributed by atoms with Crippen molar-refractivity contribution in [2.75, 3.05) is 11.9 Å². The molecule has 0 spiro atoms. The number of halogens is 1. The molecule has 0 amide bonds. The molecule has 84 valence electrons. The molecule has 5 heteroatoms. The summed E-state index contributed by atoms with van der Waals surface area (Å²) in [7, 11) is 2.02. The van der Waals surface area contributed by atoms with Crippen LogP contribution >= 0.6 is 27.3 Å². The van der Waals surface area contributed by atoms with E-state index in [0.29, 0.717) is 0 Å². The van der Waals surface area contributed by atoms with Crippen molar-refractivity contribution in [3.05, 3.63) is 38.9 Å². The number of hydrogen-bond donors (Lipinski definition) is 0. The Balaban J connectivity index is 2.08. The zero-order valence-corrected chi connectivity index (χ0v) is 11.5. The summed E-state index contributed by atoms with van der Waals surface area (Å²) in [6.45, 7) is 2.81. The molecule has 2 aromatic rings. The Bertz CT molecular complexity index is 466. The topological polar surface area (TPSA) is 29.0 Å². The second-order valence-corrected chi connectivity index (χ2v) is 5.43. The summed E-state index contributed by atoms with van der Waals surface area (Å²) in [5.74, 6) is 0.955. The van der Waals surface area contributed by atoms with Crippen molar-refractivity contribution < 1.29 is 0 Å². The normalized spacial score (nSPS) is 10.4. The minimum absolute atomic E-state index is 0.799. The molecule has 3 nitrogen and oxygen atoms in total. The van der Waals surface area contributed by atoms with E-state index in [4.69, 9.17) is 0 Å². The quantitative estimate of drug-likeness (QED) is 0.871. The minimum Gasteiger partial charge on any atom is -0.353 e. The number of rotatable bonds is 3. The van der Waals surface area contributed by atoms with Gasteiger partial charge in [-0.05, 0) is 35.0 Å². The molecule has 16 heavy (non-hydrogen) atoms. The highest BCUT2D eigenvalue weighted by molar-refractivity contribution is 9.10. The fourth-order valence-corrected chi connectivity index (χ4v) is 2.41. The van der Waals surface area contributed by atoms with Gasteiger partial charge in [-0.25, -0.2) is 9.97 Å². The summed E-state index contributed by atoms with van der Waals surface area (Å²) >= 11 is 5.06. The molecule has 0 bridgehead atoms. The SMILES string of the molecule is Cc1csc(CN(C)c2ccc(Br)cn2)n1. The Labute approximate surface area is 107 Å². The van der Waals surface area contributed by atoms with E-state index in [9.17, 15) is 0 Å². The highest BCUT2D eigenvalue weighted by Crippen LogP contribution is 2.17. The molecular formula is C11H12BrN3S. The van der Waals surface area contributed by atoms with Gasteiger partial charge in [-0.15, -0.1) is 11.3 Å². The number of aryl methyl sites for hydroxylation is 1. The summed E-state index contributed by atoms with van der Waals surface area (Å²) in [5, 5.41) is 3.18. The first-order chi connectivity index (χ1) is 7.65. The van der Waals surface area contributed by atoms with Gasteiger partial charge in [0, 0.05) is 28.8 Å². The van der Waals surface area contributed by atoms with Crippen LogP contribution in [0.4, 0.5) is 5.82 Å². The lowest BCUT2D eigenvalue weighted by atomic mass is 10.4. The zero-order valence-electron chi connectivity index (χ0n) is 9.14. The Morgan fingerprint density at radius 3 is 2.81 bits per heavy atom. The minimum atomic E-state index is 0.799. The lowest BCUT2D eigenvalue weighted by molar-refractivity contribution is 0.883. The van der Waals surface area contributed by atoms with Gasteiger partial charge in [0.05, 0.1) is 6.54 Å². The first-order valence-electron chi connectivity index (χ1n) is 4.89. The number of pyridine rings is 1. The molecule has 2 rings (SSSR count). The summed E-state index contributed by atoms with van der Waals surface area (Å²) in [4.78, 5) is 10.9. The van der Waals surface area contributed by atoms with Gasteiger partial charge in [-0.2, -0.15) is 0 Å². The molecule has 0 atom stereocenters. The molecule has 0 aliphatic rings. The molecule has 0 aromatic carbocycles. The van der Waals surface area contributed by atoms with E-state index < -0.39 is 0 Å². The van der Waals surface area contributed by atoms with Gasteiger partial charge in [0.2, 0.25) is 0 Å². The third-order valence-electron chi connectivity index (χ3n) is 2.14. The zero-order chi connectivity index (χ0) is 11.5. The van der Waals surface area contributed by atoms with Gasteiger partial charge in [0.15, 0.2) is 0 Å². The van der Waals surface area contributed by atoms with Crippen LogP contribution in [0.3, 0.4) is 0 Å². The fraction of sp³-hybridized carbons (Fsp3) is 0.273. The molecule has 2 aromatic heterocycles. The molecule has 0 aliphatic heterocycles. The van der Waals surface area contributed by atoms with Crippen molar-refractivity contribution in [1.82, 2.24) is 9.97 Å². The average Bonchev–Trinajstić information content (AvgIpc) is 2.65. The Hall–Kier alpha value is -0.940. The second kappa shape index (κ2) is 4.93. The van der Waals surface area contributed by atoms with Crippen LogP contribution in [0.1, 0.15) is 10.7 Å². The molecule has 0 N–H and O–H groups in total. The Morgan fingerprint density at radius 2 is 2.25 bits per heavy atom. The summed E-state index contributed by atoms with van der Waals surface area (Å²) in [6.07, 6.45) is 1.80. The largest absolute Gasteiger partial charge is 0.353 e. The van der Waals surface area contributed by atoms with Gasteiger partial charge in [0.1, 0.15) is 10.8 Å². The monoisotopic (exact) mass is 297 g/mol. The molecule has 0 fully saturated rings. The van der Waals surface area contributed by atoms with E-state index in [1.807, 2.05) is 26.1 Å². The number of hydrogen-bond acceptors (Lipinski definition) is 4. The molecule has 0 unspecified atom stereocenters. The number of thiazole rings is 1. The smallest absolute Gasteiger partial charge is 0.128 e. The van der Waals surface area contributed by atoms with Gasteiger partial charge in [0.25, 0.3) is 0 Å². The van der Waals surface area contributed by atoms with E-state index in [1.54, 1.807) is 17.5 Å².